The molecule has 2 atom stereocenters. The molecule has 0 aliphatic heterocycles. The van der Waals surface area contributed by atoms with Crippen LogP contribution < -0.4 is 0 Å². The minimum Gasteiger partial charge on any atom is -0.481 e. The fourth-order valence-electron chi connectivity index (χ4n) is 0.806. The summed E-state index contributed by atoms with van der Waals surface area (Å²) in [5.41, 5.74) is 0. The van der Waals surface area contributed by atoms with Gasteiger partial charge < -0.3 is 14.9 Å². The van der Waals surface area contributed by atoms with Crippen LogP contribution in [0, 0.1) is 0 Å². The van der Waals surface area contributed by atoms with E-state index in [0.717, 1.165) is 0 Å². The Morgan fingerprint density at radius 2 is 2.00 bits per heavy atom. The summed E-state index contributed by atoms with van der Waals surface area (Å²) in [5, 5.41) is 17.0. The summed E-state index contributed by atoms with van der Waals surface area (Å²) in [6, 6.07) is 0. The number of hydrogen-bond donors (Lipinski definition) is 2. The van der Waals surface area contributed by atoms with Gasteiger partial charge in [-0.1, -0.05) is 0 Å². The lowest BCUT2D eigenvalue weighted by atomic mass is 10.3. The average Bonchev–Trinajstić information content (AvgIpc) is 2.16. The van der Waals surface area contributed by atoms with Crippen molar-refractivity contribution in [2.45, 2.75) is 19.4 Å². The van der Waals surface area contributed by atoms with Gasteiger partial charge in [0.25, 0.3) is 0 Å². The van der Waals surface area contributed by atoms with Crippen molar-refractivity contribution in [2.75, 3.05) is 19.4 Å². The molecule has 0 saturated heterocycles. The van der Waals surface area contributed by atoms with Gasteiger partial charge in [-0.3, -0.25) is 4.79 Å². The topological polar surface area (TPSA) is 110 Å². The van der Waals surface area contributed by atoms with Crippen LogP contribution in [-0.2, 0) is 23.4 Å². The monoisotopic (exact) mass is 253 g/mol. The standard InChI is InChI=1S/C8H13O7P/c1-2-14-3-4-16(13)15-6(8(11)12)5-7(9)10/h6H,2-5H2,1H3,(H-,9,10,11,12)/p+1. The molecule has 2 N–H and O–H groups in total. The molecule has 0 bridgehead atoms. The van der Waals surface area contributed by atoms with Gasteiger partial charge >= 0.3 is 20.0 Å². The molecule has 0 aliphatic carbocycles. The third kappa shape index (κ3) is 7.28. The van der Waals surface area contributed by atoms with Crippen LogP contribution in [0.25, 0.3) is 0 Å². The number of aliphatic carboxylic acids is 2. The minimum atomic E-state index is -2.21. The van der Waals surface area contributed by atoms with E-state index in [0.29, 0.717) is 6.61 Å². The molecule has 0 aromatic rings. The molecule has 16 heavy (non-hydrogen) atoms. The first kappa shape index (κ1) is 15.0. The molecule has 0 radical (unpaired) electrons. The number of ether oxygens (including phenoxy) is 1. The lowest BCUT2D eigenvalue weighted by molar-refractivity contribution is -0.151. The number of carbonyl (C=O) groups is 2. The zero-order valence-electron chi connectivity index (χ0n) is 8.79. The van der Waals surface area contributed by atoms with Crippen LogP contribution in [0.1, 0.15) is 13.3 Å². The molecule has 0 aromatic carbocycles. The van der Waals surface area contributed by atoms with Crippen LogP contribution in [0.2, 0.25) is 0 Å². The number of hydrogen-bond acceptors (Lipinski definition) is 5. The van der Waals surface area contributed by atoms with Gasteiger partial charge in [0.15, 0.2) is 0 Å². The average molecular weight is 253 g/mol. The fraction of sp³-hybridized carbons (Fsp3) is 0.750. The minimum absolute atomic E-state index is 0.0482. The first-order chi connectivity index (χ1) is 7.47. The molecule has 0 heterocycles. The first-order valence-corrected chi connectivity index (χ1v) is 5.97. The predicted octanol–water partition coefficient (Wildman–Crippen LogP) is 0.710. The highest BCUT2D eigenvalue weighted by molar-refractivity contribution is 7.39. The molecule has 2 unspecified atom stereocenters. The Hall–Kier alpha value is -1.04. The third-order valence-corrected chi connectivity index (χ3v) is 2.54. The summed E-state index contributed by atoms with van der Waals surface area (Å²) >= 11 is 0. The molecule has 0 aromatic heterocycles. The maximum Gasteiger partial charge on any atom is 0.511 e. The summed E-state index contributed by atoms with van der Waals surface area (Å²) in [5.74, 6) is -2.76. The molecule has 0 aliphatic rings. The highest BCUT2D eigenvalue weighted by Gasteiger charge is 2.32. The Bertz CT molecular complexity index is 265. The van der Waals surface area contributed by atoms with Gasteiger partial charge in [0.1, 0.15) is 0 Å². The Balaban J connectivity index is 4.03. The first-order valence-electron chi connectivity index (χ1n) is 4.61. The second-order valence-corrected chi connectivity index (χ2v) is 4.11. The molecule has 0 saturated carbocycles. The highest BCUT2D eigenvalue weighted by atomic mass is 31.1. The normalized spacial score (nSPS) is 13.2. The number of carboxylic acids is 2. The van der Waals surface area contributed by atoms with Gasteiger partial charge in [0, 0.05) is 6.61 Å². The van der Waals surface area contributed by atoms with E-state index in [1.54, 1.807) is 6.92 Å². The van der Waals surface area contributed by atoms with Crippen molar-refractivity contribution in [3.63, 3.8) is 0 Å². The van der Waals surface area contributed by atoms with Crippen LogP contribution in [0.5, 0.6) is 0 Å². The zero-order chi connectivity index (χ0) is 12.6. The van der Waals surface area contributed by atoms with E-state index >= 15 is 0 Å². The second-order valence-electron chi connectivity index (χ2n) is 2.78. The Morgan fingerprint density at radius 1 is 1.38 bits per heavy atom. The van der Waals surface area contributed by atoms with Crippen molar-refractivity contribution in [3.8, 4) is 0 Å². The molecule has 92 valence electrons. The third-order valence-electron chi connectivity index (χ3n) is 1.50. The summed E-state index contributed by atoms with van der Waals surface area (Å²) < 4.78 is 20.7. The van der Waals surface area contributed by atoms with Crippen molar-refractivity contribution in [2.24, 2.45) is 0 Å². The Morgan fingerprint density at radius 3 is 2.44 bits per heavy atom. The lowest BCUT2D eigenvalue weighted by Crippen LogP contribution is -2.25. The Labute approximate surface area is 93.2 Å². The van der Waals surface area contributed by atoms with E-state index in [1.807, 2.05) is 0 Å². The predicted molar refractivity (Wildman–Crippen MR) is 53.7 cm³/mol. The summed E-state index contributed by atoms with van der Waals surface area (Å²) in [6.07, 6.45) is -2.25. The van der Waals surface area contributed by atoms with Crippen LogP contribution >= 0.6 is 8.03 Å². The van der Waals surface area contributed by atoms with Gasteiger partial charge in [0.05, 0.1) is 13.0 Å². The molecule has 0 rings (SSSR count). The van der Waals surface area contributed by atoms with Crippen LogP contribution in [0.4, 0.5) is 0 Å². The van der Waals surface area contributed by atoms with Crippen molar-refractivity contribution < 1.29 is 33.6 Å². The van der Waals surface area contributed by atoms with Crippen molar-refractivity contribution in [1.82, 2.24) is 0 Å². The van der Waals surface area contributed by atoms with E-state index in [4.69, 9.17) is 14.9 Å². The summed E-state index contributed by atoms with van der Waals surface area (Å²) in [6.45, 7) is 2.41. The molecular weight excluding hydrogens is 239 g/mol. The van der Waals surface area contributed by atoms with E-state index in [9.17, 15) is 14.2 Å². The molecule has 7 nitrogen and oxygen atoms in total. The quantitative estimate of drug-likeness (QED) is 0.459. The molecule has 0 spiro atoms. The Kier molecular flexibility index (Phi) is 7.62. The van der Waals surface area contributed by atoms with Gasteiger partial charge in [-0.05, 0) is 11.5 Å². The zero-order valence-corrected chi connectivity index (χ0v) is 9.68. The maximum atomic E-state index is 11.2. The van der Waals surface area contributed by atoms with E-state index < -0.39 is 32.5 Å². The molecule has 8 heteroatoms. The second kappa shape index (κ2) is 8.15. The van der Waals surface area contributed by atoms with Gasteiger partial charge in [-0.15, -0.1) is 4.52 Å². The smallest absolute Gasteiger partial charge is 0.481 e. The van der Waals surface area contributed by atoms with Crippen LogP contribution in [0.15, 0.2) is 0 Å². The largest absolute Gasteiger partial charge is 0.511 e. The van der Waals surface area contributed by atoms with Crippen molar-refractivity contribution in [3.05, 3.63) is 0 Å². The highest BCUT2D eigenvalue weighted by Crippen LogP contribution is 2.25. The maximum absolute atomic E-state index is 11.2. The number of rotatable bonds is 9. The van der Waals surface area contributed by atoms with Gasteiger partial charge in [-0.25, -0.2) is 4.79 Å². The van der Waals surface area contributed by atoms with E-state index in [2.05, 4.69) is 4.52 Å². The van der Waals surface area contributed by atoms with Gasteiger partial charge in [-0.2, -0.15) is 0 Å². The molecule has 0 fully saturated rings. The van der Waals surface area contributed by atoms with E-state index in [-0.39, 0.29) is 12.8 Å². The SMILES string of the molecule is CCOCC[P+](=O)OC(CC(=O)O)C(=O)O. The summed E-state index contributed by atoms with van der Waals surface area (Å²) in [4.78, 5) is 20.8. The van der Waals surface area contributed by atoms with Crippen molar-refractivity contribution in [1.29, 1.82) is 0 Å². The van der Waals surface area contributed by atoms with Crippen LogP contribution in [-0.4, -0.2) is 47.6 Å². The van der Waals surface area contributed by atoms with Crippen molar-refractivity contribution >= 4 is 20.0 Å². The summed E-state index contributed by atoms with van der Waals surface area (Å²) in [7, 11) is -2.21. The fourth-order valence-corrected chi connectivity index (χ4v) is 1.64. The van der Waals surface area contributed by atoms with Gasteiger partial charge in [0.2, 0.25) is 12.3 Å². The lowest BCUT2D eigenvalue weighted by Gasteiger charge is -2.02. The molecule has 0 amide bonds. The number of carboxylic acid groups (broad SMARTS) is 2. The van der Waals surface area contributed by atoms with E-state index in [1.165, 1.54) is 0 Å². The molecular formula is C8H14O7P+. The van der Waals surface area contributed by atoms with Crippen LogP contribution in [0.3, 0.4) is 0 Å².